The van der Waals surface area contributed by atoms with E-state index in [-0.39, 0.29) is 24.0 Å². The fraction of sp³-hybridized carbons (Fsp3) is 0.400. The number of hydrogen-bond donors (Lipinski definition) is 2. The number of nitrogens with one attached hydrogen (secondary N) is 1. The third-order valence-corrected chi connectivity index (χ3v) is 4.23. The number of hydrogen-bond acceptors (Lipinski definition) is 5. The normalized spacial score (nSPS) is 10.7. The first-order valence-corrected chi connectivity index (χ1v) is 8.42. The van der Waals surface area contributed by atoms with Gasteiger partial charge in [-0.25, -0.2) is 4.79 Å². The summed E-state index contributed by atoms with van der Waals surface area (Å²) in [6.07, 6.45) is 1.63. The minimum Gasteiger partial charge on any atom is -0.383 e. The second-order valence-electron chi connectivity index (χ2n) is 5.06. The summed E-state index contributed by atoms with van der Waals surface area (Å²) in [4.78, 5) is 40.3. The molecular formula is C15H20N4O3S. The molecular weight excluding hydrogens is 316 g/mol. The van der Waals surface area contributed by atoms with Crippen LogP contribution in [0.5, 0.6) is 0 Å². The van der Waals surface area contributed by atoms with Gasteiger partial charge < -0.3 is 10.6 Å². The van der Waals surface area contributed by atoms with Crippen molar-refractivity contribution in [3.63, 3.8) is 0 Å². The molecule has 0 spiro atoms. The summed E-state index contributed by atoms with van der Waals surface area (Å²) in [6, 6.07) is 1.69. The van der Waals surface area contributed by atoms with Gasteiger partial charge in [-0.15, -0.1) is 0 Å². The molecule has 0 atom stereocenters. The van der Waals surface area contributed by atoms with E-state index < -0.39 is 11.2 Å². The SMILES string of the molecule is CCCCn1c(N)c(N(CC)C(=O)c2ccsc2)c(=O)[nH]c1=O. The Labute approximate surface area is 137 Å². The Bertz CT molecular complexity index is 792. The zero-order chi connectivity index (χ0) is 17.0. The van der Waals surface area contributed by atoms with Crippen LogP contribution in [0.2, 0.25) is 0 Å². The Morgan fingerprint density at radius 1 is 1.39 bits per heavy atom. The summed E-state index contributed by atoms with van der Waals surface area (Å²) in [7, 11) is 0. The lowest BCUT2D eigenvalue weighted by Crippen LogP contribution is -2.41. The van der Waals surface area contributed by atoms with E-state index in [0.29, 0.717) is 12.1 Å². The first-order valence-electron chi connectivity index (χ1n) is 7.47. The molecule has 23 heavy (non-hydrogen) atoms. The van der Waals surface area contributed by atoms with E-state index >= 15 is 0 Å². The molecule has 2 aromatic rings. The van der Waals surface area contributed by atoms with Crippen molar-refractivity contribution in [3.05, 3.63) is 43.2 Å². The van der Waals surface area contributed by atoms with E-state index in [0.717, 1.165) is 12.8 Å². The molecule has 7 nitrogen and oxygen atoms in total. The lowest BCUT2D eigenvalue weighted by atomic mass is 10.2. The number of carbonyl (C=O) groups is 1. The smallest absolute Gasteiger partial charge is 0.330 e. The highest BCUT2D eigenvalue weighted by molar-refractivity contribution is 7.08. The maximum absolute atomic E-state index is 12.6. The predicted octanol–water partition coefficient (Wildman–Crippen LogP) is 1.65. The van der Waals surface area contributed by atoms with E-state index in [1.54, 1.807) is 23.8 Å². The van der Waals surface area contributed by atoms with Gasteiger partial charge in [-0.1, -0.05) is 13.3 Å². The first kappa shape index (κ1) is 17.0. The first-order chi connectivity index (χ1) is 11.0. The second kappa shape index (κ2) is 7.28. The van der Waals surface area contributed by atoms with Crippen molar-refractivity contribution in [1.82, 2.24) is 9.55 Å². The molecule has 0 radical (unpaired) electrons. The predicted molar refractivity (Wildman–Crippen MR) is 92.3 cm³/mol. The van der Waals surface area contributed by atoms with Crippen LogP contribution < -0.4 is 21.9 Å². The maximum atomic E-state index is 12.6. The van der Waals surface area contributed by atoms with Crippen LogP contribution >= 0.6 is 11.3 Å². The van der Waals surface area contributed by atoms with Gasteiger partial charge in [-0.05, 0) is 24.8 Å². The van der Waals surface area contributed by atoms with Crippen molar-refractivity contribution in [1.29, 1.82) is 0 Å². The zero-order valence-electron chi connectivity index (χ0n) is 13.2. The van der Waals surface area contributed by atoms with Crippen LogP contribution in [-0.4, -0.2) is 22.0 Å². The number of thiophene rings is 1. The Balaban J connectivity index is 2.54. The Hall–Kier alpha value is -2.35. The zero-order valence-corrected chi connectivity index (χ0v) is 14.0. The fourth-order valence-electron chi connectivity index (χ4n) is 2.32. The molecule has 124 valence electrons. The van der Waals surface area contributed by atoms with E-state index in [1.807, 2.05) is 6.92 Å². The quantitative estimate of drug-likeness (QED) is 0.837. The van der Waals surface area contributed by atoms with Gasteiger partial charge in [0.1, 0.15) is 5.82 Å². The van der Waals surface area contributed by atoms with E-state index in [4.69, 9.17) is 5.73 Å². The summed E-state index contributed by atoms with van der Waals surface area (Å²) in [5.74, 6) is -0.288. The molecule has 3 N–H and O–H groups in total. The lowest BCUT2D eigenvalue weighted by Gasteiger charge is -2.22. The van der Waals surface area contributed by atoms with Crippen molar-refractivity contribution in [2.24, 2.45) is 0 Å². The molecule has 0 saturated heterocycles. The third kappa shape index (κ3) is 3.37. The van der Waals surface area contributed by atoms with E-state index in [2.05, 4.69) is 4.98 Å². The van der Waals surface area contributed by atoms with Gasteiger partial charge in [0.15, 0.2) is 5.69 Å². The largest absolute Gasteiger partial charge is 0.383 e. The number of nitrogens with two attached hydrogens (primary N) is 1. The molecule has 0 unspecified atom stereocenters. The minimum atomic E-state index is -0.648. The molecule has 0 bridgehead atoms. The highest BCUT2D eigenvalue weighted by Crippen LogP contribution is 2.20. The number of anilines is 2. The number of nitrogen functional groups attached to an aromatic ring is 1. The molecule has 0 saturated carbocycles. The average molecular weight is 336 g/mol. The van der Waals surface area contributed by atoms with Gasteiger partial charge in [0.2, 0.25) is 0 Å². The molecule has 1 amide bonds. The summed E-state index contributed by atoms with van der Waals surface area (Å²) >= 11 is 1.40. The minimum absolute atomic E-state index is 0.0256. The number of unbranched alkanes of at least 4 members (excludes halogenated alkanes) is 1. The van der Waals surface area contributed by atoms with Crippen molar-refractivity contribution in [2.45, 2.75) is 33.2 Å². The molecule has 8 heteroatoms. The fourth-order valence-corrected chi connectivity index (χ4v) is 2.95. The second-order valence-corrected chi connectivity index (χ2v) is 5.84. The van der Waals surface area contributed by atoms with Crippen molar-refractivity contribution in [3.8, 4) is 0 Å². The number of rotatable bonds is 6. The topological polar surface area (TPSA) is 101 Å². The highest BCUT2D eigenvalue weighted by atomic mass is 32.1. The van der Waals surface area contributed by atoms with Crippen LogP contribution in [-0.2, 0) is 6.54 Å². The molecule has 2 heterocycles. The van der Waals surface area contributed by atoms with Gasteiger partial charge in [0.05, 0.1) is 5.56 Å². The highest BCUT2D eigenvalue weighted by Gasteiger charge is 2.24. The molecule has 0 aliphatic rings. The third-order valence-electron chi connectivity index (χ3n) is 3.55. The van der Waals surface area contributed by atoms with Crippen LogP contribution in [0.15, 0.2) is 26.4 Å². The molecule has 0 aliphatic carbocycles. The Morgan fingerprint density at radius 2 is 2.13 bits per heavy atom. The summed E-state index contributed by atoms with van der Waals surface area (Å²) in [5.41, 5.74) is 5.36. The summed E-state index contributed by atoms with van der Waals surface area (Å²) in [6.45, 7) is 4.42. The summed E-state index contributed by atoms with van der Waals surface area (Å²) in [5, 5.41) is 3.50. The number of nitrogens with zero attached hydrogens (tertiary/aromatic N) is 2. The van der Waals surface area contributed by atoms with Gasteiger partial charge >= 0.3 is 5.69 Å². The average Bonchev–Trinajstić information content (AvgIpc) is 3.05. The van der Waals surface area contributed by atoms with Gasteiger partial charge in [0.25, 0.3) is 11.5 Å². The monoisotopic (exact) mass is 336 g/mol. The van der Waals surface area contributed by atoms with Crippen molar-refractivity contribution >= 4 is 28.7 Å². The number of H-pyrrole nitrogens is 1. The molecule has 0 aliphatic heterocycles. The number of carbonyl (C=O) groups excluding carboxylic acids is 1. The summed E-state index contributed by atoms with van der Waals surface area (Å²) < 4.78 is 1.31. The molecule has 2 rings (SSSR count). The lowest BCUT2D eigenvalue weighted by molar-refractivity contribution is 0.0988. The molecule has 0 aromatic carbocycles. The van der Waals surface area contributed by atoms with Crippen molar-refractivity contribution in [2.75, 3.05) is 17.2 Å². The van der Waals surface area contributed by atoms with Gasteiger partial charge in [0, 0.05) is 18.5 Å². The molecule has 0 fully saturated rings. The number of aromatic nitrogens is 2. The van der Waals surface area contributed by atoms with Crippen LogP contribution in [0.3, 0.4) is 0 Å². The molecule has 2 aromatic heterocycles. The van der Waals surface area contributed by atoms with E-state index in [9.17, 15) is 14.4 Å². The van der Waals surface area contributed by atoms with Crippen LogP contribution in [0.4, 0.5) is 11.5 Å². The van der Waals surface area contributed by atoms with Crippen LogP contribution in [0.25, 0.3) is 0 Å². The van der Waals surface area contributed by atoms with E-state index in [1.165, 1.54) is 20.8 Å². The van der Waals surface area contributed by atoms with Crippen LogP contribution in [0, 0.1) is 0 Å². The van der Waals surface area contributed by atoms with Gasteiger partial charge in [-0.2, -0.15) is 11.3 Å². The Kier molecular flexibility index (Phi) is 5.38. The maximum Gasteiger partial charge on any atom is 0.330 e. The van der Waals surface area contributed by atoms with Crippen LogP contribution in [0.1, 0.15) is 37.0 Å². The van der Waals surface area contributed by atoms with Crippen molar-refractivity contribution < 1.29 is 4.79 Å². The van der Waals surface area contributed by atoms with Gasteiger partial charge in [-0.3, -0.25) is 19.1 Å². The number of amides is 1. The standard InChI is InChI=1S/C15H20N4O3S/c1-3-5-7-19-12(16)11(13(20)17-15(19)22)18(4-2)14(21)10-6-8-23-9-10/h6,8-9H,3-5,7,16H2,1-2H3,(H,17,20,22). The number of aromatic amines is 1. The Morgan fingerprint density at radius 3 is 2.70 bits per heavy atom.